The summed E-state index contributed by atoms with van der Waals surface area (Å²) < 4.78 is 0. The number of anilines is 2. The van der Waals surface area contributed by atoms with E-state index in [4.69, 9.17) is 23.2 Å². The molecule has 0 spiro atoms. The molecule has 3 rings (SSSR count). The fourth-order valence-electron chi connectivity index (χ4n) is 2.71. The van der Waals surface area contributed by atoms with Gasteiger partial charge in [0.2, 0.25) is 11.8 Å². The Bertz CT molecular complexity index is 886. The fourth-order valence-corrected chi connectivity index (χ4v) is 3.17. The van der Waals surface area contributed by atoms with Crippen LogP contribution in [0.15, 0.2) is 42.5 Å². The Morgan fingerprint density at radius 3 is 2.50 bits per heavy atom. The van der Waals surface area contributed by atoms with Gasteiger partial charge in [-0.2, -0.15) is 0 Å². The SMILES string of the molecule is O=C(Nc1ccc(Cl)cc1Cl)[C@H]1CC(=O)N(c2ccc([N+](=O)[O-])cc2)C1. The summed E-state index contributed by atoms with van der Waals surface area (Å²) >= 11 is 11.9. The number of halogens is 2. The van der Waals surface area contributed by atoms with Crippen LogP contribution in [0.2, 0.25) is 10.0 Å². The summed E-state index contributed by atoms with van der Waals surface area (Å²) in [4.78, 5) is 36.3. The minimum Gasteiger partial charge on any atom is -0.324 e. The Hall–Kier alpha value is -2.64. The number of non-ortho nitro benzene ring substituents is 1. The van der Waals surface area contributed by atoms with Crippen molar-refractivity contribution >= 4 is 52.1 Å². The highest BCUT2D eigenvalue weighted by Gasteiger charge is 2.35. The molecule has 2 aromatic carbocycles. The van der Waals surface area contributed by atoms with E-state index >= 15 is 0 Å². The summed E-state index contributed by atoms with van der Waals surface area (Å²) in [6.07, 6.45) is 0.0496. The lowest BCUT2D eigenvalue weighted by Crippen LogP contribution is -2.28. The maximum absolute atomic E-state index is 12.4. The predicted molar refractivity (Wildman–Crippen MR) is 98.6 cm³/mol. The number of carbonyl (C=O) groups excluding carboxylic acids is 2. The number of hydrogen-bond donors (Lipinski definition) is 1. The van der Waals surface area contributed by atoms with Crippen LogP contribution in [0, 0.1) is 16.0 Å². The molecule has 2 amide bonds. The molecule has 9 heteroatoms. The van der Waals surface area contributed by atoms with Crippen molar-refractivity contribution in [2.75, 3.05) is 16.8 Å². The van der Waals surface area contributed by atoms with Crippen LogP contribution in [0.3, 0.4) is 0 Å². The number of carbonyl (C=O) groups is 2. The van der Waals surface area contributed by atoms with Crippen molar-refractivity contribution in [2.24, 2.45) is 5.92 Å². The van der Waals surface area contributed by atoms with Crippen molar-refractivity contribution in [3.63, 3.8) is 0 Å². The molecule has 1 fully saturated rings. The number of amides is 2. The maximum Gasteiger partial charge on any atom is 0.269 e. The molecule has 1 aliphatic rings. The Balaban J connectivity index is 1.70. The molecule has 2 aromatic rings. The van der Waals surface area contributed by atoms with Crippen LogP contribution in [0.1, 0.15) is 6.42 Å². The first-order valence-electron chi connectivity index (χ1n) is 7.66. The Kier molecular flexibility index (Phi) is 5.11. The van der Waals surface area contributed by atoms with Crippen molar-refractivity contribution in [2.45, 2.75) is 6.42 Å². The van der Waals surface area contributed by atoms with Gasteiger partial charge < -0.3 is 10.2 Å². The molecule has 26 heavy (non-hydrogen) atoms. The zero-order valence-corrected chi connectivity index (χ0v) is 14.8. The van der Waals surface area contributed by atoms with Crippen molar-refractivity contribution in [1.82, 2.24) is 0 Å². The normalized spacial score (nSPS) is 16.6. The van der Waals surface area contributed by atoms with E-state index in [-0.39, 0.29) is 30.5 Å². The molecule has 7 nitrogen and oxygen atoms in total. The van der Waals surface area contributed by atoms with Gasteiger partial charge >= 0.3 is 0 Å². The fraction of sp³-hybridized carbons (Fsp3) is 0.176. The second kappa shape index (κ2) is 7.31. The largest absolute Gasteiger partial charge is 0.324 e. The minimum absolute atomic E-state index is 0.0496. The van der Waals surface area contributed by atoms with E-state index < -0.39 is 10.8 Å². The van der Waals surface area contributed by atoms with Gasteiger partial charge in [0.1, 0.15) is 0 Å². The minimum atomic E-state index is -0.551. The van der Waals surface area contributed by atoms with Gasteiger partial charge in [-0.1, -0.05) is 23.2 Å². The molecule has 1 saturated heterocycles. The highest BCUT2D eigenvalue weighted by atomic mass is 35.5. The first kappa shape index (κ1) is 18.2. The zero-order chi connectivity index (χ0) is 18.8. The van der Waals surface area contributed by atoms with E-state index in [0.717, 1.165) is 0 Å². The van der Waals surface area contributed by atoms with Crippen LogP contribution in [0.5, 0.6) is 0 Å². The van der Waals surface area contributed by atoms with Crippen LogP contribution < -0.4 is 10.2 Å². The number of nitro groups is 1. The van der Waals surface area contributed by atoms with Gasteiger partial charge in [-0.3, -0.25) is 19.7 Å². The summed E-state index contributed by atoms with van der Waals surface area (Å²) in [6, 6.07) is 10.3. The second-order valence-corrected chi connectivity index (χ2v) is 6.64. The molecule has 1 atom stereocenters. The smallest absolute Gasteiger partial charge is 0.269 e. The van der Waals surface area contributed by atoms with Gasteiger partial charge in [-0.05, 0) is 30.3 Å². The summed E-state index contributed by atoms with van der Waals surface area (Å²) in [7, 11) is 0. The van der Waals surface area contributed by atoms with Gasteiger partial charge in [-0.25, -0.2) is 0 Å². The summed E-state index contributed by atoms with van der Waals surface area (Å²) in [5.41, 5.74) is 0.870. The number of hydrogen-bond acceptors (Lipinski definition) is 4. The molecule has 1 aliphatic heterocycles. The monoisotopic (exact) mass is 393 g/mol. The van der Waals surface area contributed by atoms with Gasteiger partial charge in [0, 0.05) is 35.8 Å². The molecule has 0 aromatic heterocycles. The summed E-state index contributed by atoms with van der Waals surface area (Å²) in [5.74, 6) is -1.10. The number of nitrogens with one attached hydrogen (secondary N) is 1. The molecule has 1 heterocycles. The quantitative estimate of drug-likeness (QED) is 0.629. The number of nitro benzene ring substituents is 1. The van der Waals surface area contributed by atoms with Gasteiger partial charge in [0.25, 0.3) is 5.69 Å². The van der Waals surface area contributed by atoms with E-state index in [1.54, 1.807) is 12.1 Å². The molecule has 0 aliphatic carbocycles. The lowest BCUT2D eigenvalue weighted by molar-refractivity contribution is -0.384. The van der Waals surface area contributed by atoms with E-state index in [2.05, 4.69) is 5.32 Å². The molecular weight excluding hydrogens is 381 g/mol. The van der Waals surface area contributed by atoms with Crippen LogP contribution in [0.4, 0.5) is 17.1 Å². The average Bonchev–Trinajstić information content (AvgIpc) is 2.99. The highest BCUT2D eigenvalue weighted by molar-refractivity contribution is 6.36. The first-order chi connectivity index (χ1) is 12.3. The van der Waals surface area contributed by atoms with Crippen LogP contribution in [-0.4, -0.2) is 23.3 Å². The summed E-state index contributed by atoms with van der Waals surface area (Å²) in [5, 5.41) is 14.2. The van der Waals surface area contributed by atoms with E-state index in [9.17, 15) is 19.7 Å². The topological polar surface area (TPSA) is 92.6 Å². The molecular formula is C17H13Cl2N3O4. The van der Waals surface area contributed by atoms with Gasteiger partial charge in [0.15, 0.2) is 0 Å². The third-order valence-electron chi connectivity index (χ3n) is 4.06. The van der Waals surface area contributed by atoms with Gasteiger partial charge in [-0.15, -0.1) is 0 Å². The van der Waals surface area contributed by atoms with Crippen molar-refractivity contribution < 1.29 is 14.5 Å². The molecule has 0 unspecified atom stereocenters. The molecule has 0 saturated carbocycles. The second-order valence-electron chi connectivity index (χ2n) is 5.79. The van der Waals surface area contributed by atoms with Crippen LogP contribution in [0.25, 0.3) is 0 Å². The summed E-state index contributed by atoms with van der Waals surface area (Å²) in [6.45, 7) is 0.188. The van der Waals surface area contributed by atoms with Crippen LogP contribution in [-0.2, 0) is 9.59 Å². The standard InChI is InChI=1S/C17H13Cl2N3O4/c18-11-1-6-15(14(19)8-11)20-17(24)10-7-16(23)21(9-10)12-2-4-13(5-3-12)22(25)26/h1-6,8,10H,7,9H2,(H,20,24)/t10-/m0/s1. The average molecular weight is 394 g/mol. The predicted octanol–water partition coefficient (Wildman–Crippen LogP) is 3.89. The molecule has 0 bridgehead atoms. The number of benzene rings is 2. The van der Waals surface area contributed by atoms with E-state index in [0.29, 0.717) is 21.4 Å². The molecule has 1 N–H and O–H groups in total. The third-order valence-corrected chi connectivity index (χ3v) is 4.60. The Morgan fingerprint density at radius 1 is 1.19 bits per heavy atom. The lowest BCUT2D eigenvalue weighted by atomic mass is 10.1. The van der Waals surface area contributed by atoms with E-state index in [1.165, 1.54) is 35.2 Å². The first-order valence-corrected chi connectivity index (χ1v) is 8.41. The zero-order valence-electron chi connectivity index (χ0n) is 13.3. The van der Waals surface area contributed by atoms with Gasteiger partial charge in [0.05, 0.1) is 21.6 Å². The van der Waals surface area contributed by atoms with Crippen LogP contribution >= 0.6 is 23.2 Å². The number of nitrogens with zero attached hydrogens (tertiary/aromatic N) is 2. The Morgan fingerprint density at radius 2 is 1.88 bits per heavy atom. The van der Waals surface area contributed by atoms with Crippen molar-refractivity contribution in [1.29, 1.82) is 0 Å². The van der Waals surface area contributed by atoms with Crippen molar-refractivity contribution in [3.8, 4) is 0 Å². The van der Waals surface area contributed by atoms with Crippen molar-refractivity contribution in [3.05, 3.63) is 62.6 Å². The third kappa shape index (κ3) is 3.79. The Labute approximate surface area is 158 Å². The molecule has 0 radical (unpaired) electrons. The van der Waals surface area contributed by atoms with E-state index in [1.807, 2.05) is 0 Å². The molecule has 134 valence electrons. The lowest BCUT2D eigenvalue weighted by Gasteiger charge is -2.16. The highest BCUT2D eigenvalue weighted by Crippen LogP contribution is 2.29. The maximum atomic E-state index is 12.4. The number of rotatable bonds is 4.